The van der Waals surface area contributed by atoms with Crippen LogP contribution in [0.5, 0.6) is 0 Å². The molecule has 0 fully saturated rings. The van der Waals surface area contributed by atoms with Gasteiger partial charge < -0.3 is 9.84 Å². The van der Waals surface area contributed by atoms with E-state index in [2.05, 4.69) is 14.7 Å². The molecule has 0 aromatic carbocycles. The molecule has 6 heteroatoms. The summed E-state index contributed by atoms with van der Waals surface area (Å²) in [6.07, 6.45) is 4.52. The lowest BCUT2D eigenvalue weighted by molar-refractivity contribution is 0.0599. The SMILES string of the molecule is COC(=O)c1cccnc1.O=C(O)c1ccccn1. The van der Waals surface area contributed by atoms with E-state index in [0.717, 1.165) is 0 Å². The first-order valence-corrected chi connectivity index (χ1v) is 5.28. The fraction of sp³-hybridized carbons (Fsp3) is 0.0769. The van der Waals surface area contributed by atoms with Gasteiger partial charge in [-0.2, -0.15) is 0 Å². The van der Waals surface area contributed by atoms with E-state index in [9.17, 15) is 9.59 Å². The third-order valence-electron chi connectivity index (χ3n) is 1.97. The Bertz CT molecular complexity index is 529. The summed E-state index contributed by atoms with van der Waals surface area (Å²) < 4.78 is 4.46. The van der Waals surface area contributed by atoms with Gasteiger partial charge in [-0.1, -0.05) is 6.07 Å². The van der Waals surface area contributed by atoms with E-state index < -0.39 is 5.97 Å². The summed E-state index contributed by atoms with van der Waals surface area (Å²) in [6, 6.07) is 8.09. The summed E-state index contributed by atoms with van der Waals surface area (Å²) in [6.45, 7) is 0. The number of hydrogen-bond donors (Lipinski definition) is 1. The van der Waals surface area contributed by atoms with Gasteiger partial charge in [0.1, 0.15) is 5.69 Å². The van der Waals surface area contributed by atoms with Crippen LogP contribution in [0.25, 0.3) is 0 Å². The number of aromatic carboxylic acids is 1. The minimum Gasteiger partial charge on any atom is -0.477 e. The number of carboxylic acids is 1. The molecule has 2 aromatic heterocycles. The van der Waals surface area contributed by atoms with Gasteiger partial charge in [0.25, 0.3) is 0 Å². The Morgan fingerprint density at radius 2 is 1.95 bits per heavy atom. The fourth-order valence-electron chi connectivity index (χ4n) is 1.09. The van der Waals surface area contributed by atoms with Crippen molar-refractivity contribution in [3.8, 4) is 0 Å². The molecule has 0 spiro atoms. The Morgan fingerprint density at radius 1 is 1.16 bits per heavy atom. The largest absolute Gasteiger partial charge is 0.477 e. The van der Waals surface area contributed by atoms with Crippen molar-refractivity contribution in [2.24, 2.45) is 0 Å². The van der Waals surface area contributed by atoms with Gasteiger partial charge in [0.2, 0.25) is 0 Å². The molecule has 19 heavy (non-hydrogen) atoms. The summed E-state index contributed by atoms with van der Waals surface area (Å²) in [4.78, 5) is 28.2. The maximum atomic E-state index is 10.8. The molecule has 0 aliphatic heterocycles. The van der Waals surface area contributed by atoms with E-state index in [1.54, 1.807) is 30.5 Å². The van der Waals surface area contributed by atoms with Gasteiger partial charge >= 0.3 is 11.9 Å². The van der Waals surface area contributed by atoms with E-state index >= 15 is 0 Å². The maximum absolute atomic E-state index is 10.8. The number of aromatic nitrogens is 2. The Labute approximate surface area is 109 Å². The molecule has 0 aliphatic carbocycles. The molecule has 0 bridgehead atoms. The van der Waals surface area contributed by atoms with Crippen molar-refractivity contribution in [1.29, 1.82) is 0 Å². The monoisotopic (exact) mass is 260 g/mol. The van der Waals surface area contributed by atoms with Gasteiger partial charge in [-0.3, -0.25) is 4.98 Å². The number of esters is 1. The summed E-state index contributed by atoms with van der Waals surface area (Å²) >= 11 is 0. The van der Waals surface area contributed by atoms with Crippen LogP contribution in [0, 0.1) is 0 Å². The molecular formula is C13H12N2O4. The molecule has 2 heterocycles. The summed E-state index contributed by atoms with van der Waals surface area (Å²) in [5, 5.41) is 8.32. The van der Waals surface area contributed by atoms with Crippen molar-refractivity contribution in [2.75, 3.05) is 7.11 Å². The predicted octanol–water partition coefficient (Wildman–Crippen LogP) is 1.65. The zero-order chi connectivity index (χ0) is 14.1. The molecule has 1 N–H and O–H groups in total. The molecule has 6 nitrogen and oxygen atoms in total. The molecule has 0 amide bonds. The van der Waals surface area contributed by atoms with Crippen molar-refractivity contribution in [3.63, 3.8) is 0 Å². The highest BCUT2D eigenvalue weighted by molar-refractivity contribution is 5.88. The first-order valence-electron chi connectivity index (χ1n) is 5.28. The first kappa shape index (κ1) is 14.3. The second-order valence-corrected chi connectivity index (χ2v) is 3.25. The van der Waals surface area contributed by atoms with E-state index in [1.807, 2.05) is 0 Å². The van der Waals surface area contributed by atoms with E-state index in [1.165, 1.54) is 25.6 Å². The average Bonchev–Trinajstić information content (AvgIpc) is 2.49. The van der Waals surface area contributed by atoms with Crippen LogP contribution in [-0.2, 0) is 4.74 Å². The van der Waals surface area contributed by atoms with Crippen molar-refractivity contribution < 1.29 is 19.4 Å². The zero-order valence-electron chi connectivity index (χ0n) is 10.2. The van der Waals surface area contributed by atoms with Crippen LogP contribution in [0.1, 0.15) is 20.8 Å². The molecule has 0 saturated heterocycles. The van der Waals surface area contributed by atoms with Crippen molar-refractivity contribution in [2.45, 2.75) is 0 Å². The van der Waals surface area contributed by atoms with Crippen LogP contribution in [0.2, 0.25) is 0 Å². The minimum atomic E-state index is -0.990. The van der Waals surface area contributed by atoms with Crippen LogP contribution in [-0.4, -0.2) is 34.1 Å². The van der Waals surface area contributed by atoms with E-state index in [4.69, 9.17) is 5.11 Å². The maximum Gasteiger partial charge on any atom is 0.354 e. The third kappa shape index (κ3) is 4.95. The Kier molecular flexibility index (Phi) is 5.68. The second-order valence-electron chi connectivity index (χ2n) is 3.25. The van der Waals surface area contributed by atoms with Gasteiger partial charge in [0, 0.05) is 18.6 Å². The van der Waals surface area contributed by atoms with Gasteiger partial charge in [-0.15, -0.1) is 0 Å². The van der Waals surface area contributed by atoms with Crippen LogP contribution in [0.4, 0.5) is 0 Å². The molecule has 0 radical (unpaired) electrons. The van der Waals surface area contributed by atoms with Crippen LogP contribution < -0.4 is 0 Å². The number of hydrogen-bond acceptors (Lipinski definition) is 5. The van der Waals surface area contributed by atoms with Gasteiger partial charge in [0.15, 0.2) is 0 Å². The molecule has 0 aliphatic rings. The number of ether oxygens (including phenoxy) is 1. The Hall–Kier alpha value is -2.76. The fourth-order valence-corrected chi connectivity index (χ4v) is 1.09. The Morgan fingerprint density at radius 3 is 2.37 bits per heavy atom. The van der Waals surface area contributed by atoms with Crippen LogP contribution >= 0.6 is 0 Å². The number of carbonyl (C=O) groups excluding carboxylic acids is 1. The van der Waals surface area contributed by atoms with E-state index in [-0.39, 0.29) is 11.7 Å². The summed E-state index contributed by atoms with van der Waals surface area (Å²) in [7, 11) is 1.34. The molecular weight excluding hydrogens is 248 g/mol. The smallest absolute Gasteiger partial charge is 0.354 e. The van der Waals surface area contributed by atoms with Gasteiger partial charge in [-0.05, 0) is 24.3 Å². The molecule has 0 unspecified atom stereocenters. The van der Waals surface area contributed by atoms with Gasteiger partial charge in [-0.25, -0.2) is 14.6 Å². The lowest BCUT2D eigenvalue weighted by Crippen LogP contribution is -2.00. The second kappa shape index (κ2) is 7.54. The zero-order valence-corrected chi connectivity index (χ0v) is 10.2. The van der Waals surface area contributed by atoms with Crippen molar-refractivity contribution >= 4 is 11.9 Å². The quantitative estimate of drug-likeness (QED) is 0.826. The number of methoxy groups -OCH3 is 1. The highest BCUT2D eigenvalue weighted by atomic mass is 16.5. The number of rotatable bonds is 2. The Balaban J connectivity index is 0.000000191. The lowest BCUT2D eigenvalue weighted by Gasteiger charge is -1.94. The molecule has 0 saturated carbocycles. The van der Waals surface area contributed by atoms with Crippen molar-refractivity contribution in [3.05, 3.63) is 60.2 Å². The third-order valence-corrected chi connectivity index (χ3v) is 1.97. The normalized spacial score (nSPS) is 8.89. The lowest BCUT2D eigenvalue weighted by atomic mass is 10.3. The first-order chi connectivity index (χ1) is 9.15. The number of carbonyl (C=O) groups is 2. The predicted molar refractivity (Wildman–Crippen MR) is 66.8 cm³/mol. The summed E-state index contributed by atoms with van der Waals surface area (Å²) in [5.41, 5.74) is 0.558. The number of carboxylic acid groups (broad SMARTS) is 1. The highest BCUT2D eigenvalue weighted by Crippen LogP contribution is 1.96. The molecule has 2 rings (SSSR count). The van der Waals surface area contributed by atoms with E-state index in [0.29, 0.717) is 5.56 Å². The number of nitrogens with zero attached hydrogens (tertiary/aromatic N) is 2. The average molecular weight is 260 g/mol. The van der Waals surface area contributed by atoms with Crippen LogP contribution in [0.3, 0.4) is 0 Å². The minimum absolute atomic E-state index is 0.0810. The molecule has 0 atom stereocenters. The molecule has 2 aromatic rings. The van der Waals surface area contributed by atoms with Gasteiger partial charge in [0.05, 0.1) is 12.7 Å². The summed E-state index contributed by atoms with van der Waals surface area (Å²) in [5.74, 6) is -1.34. The highest BCUT2D eigenvalue weighted by Gasteiger charge is 2.01. The van der Waals surface area contributed by atoms with Crippen molar-refractivity contribution in [1.82, 2.24) is 9.97 Å². The topological polar surface area (TPSA) is 89.4 Å². The molecule has 98 valence electrons. The number of pyridine rings is 2. The standard InChI is InChI=1S/C7H7NO2.C6H5NO2/c1-10-7(9)6-3-2-4-8-5-6;8-6(9)5-3-1-2-4-7-5/h2-5H,1H3;1-4H,(H,8,9). The van der Waals surface area contributed by atoms with Crippen LogP contribution in [0.15, 0.2) is 48.9 Å².